The van der Waals surface area contributed by atoms with E-state index in [0.29, 0.717) is 29.9 Å². The summed E-state index contributed by atoms with van der Waals surface area (Å²) in [4.78, 5) is 26.4. The second kappa shape index (κ2) is 9.23. The predicted octanol–water partition coefficient (Wildman–Crippen LogP) is 3.57. The summed E-state index contributed by atoms with van der Waals surface area (Å²) >= 11 is 6.09. The predicted molar refractivity (Wildman–Crippen MR) is 125 cm³/mol. The molecule has 9 nitrogen and oxygen atoms in total. The van der Waals surface area contributed by atoms with E-state index < -0.39 is 51.2 Å². The lowest BCUT2D eigenvalue weighted by Gasteiger charge is -2.27. The average molecular weight is 576 g/mol. The lowest BCUT2D eigenvalue weighted by Crippen LogP contribution is -2.46. The third-order valence-electron chi connectivity index (χ3n) is 6.94. The fourth-order valence-corrected chi connectivity index (χ4v) is 7.08. The number of benzene rings is 2. The number of halogens is 4. The second-order valence-electron chi connectivity index (χ2n) is 9.36. The number of carbonyl (C=O) groups is 2. The van der Waals surface area contributed by atoms with Crippen molar-refractivity contribution in [1.82, 2.24) is 4.90 Å². The van der Waals surface area contributed by atoms with Crippen molar-refractivity contribution >= 4 is 33.3 Å². The average Bonchev–Trinajstić information content (AvgIpc) is 3.30. The molecule has 2 heterocycles. The van der Waals surface area contributed by atoms with E-state index in [9.17, 15) is 36.3 Å². The van der Waals surface area contributed by atoms with Crippen LogP contribution in [0.4, 0.5) is 13.2 Å². The van der Waals surface area contributed by atoms with Gasteiger partial charge < -0.3 is 24.2 Å². The first kappa shape index (κ1) is 26.4. The van der Waals surface area contributed by atoms with Gasteiger partial charge in [-0.05, 0) is 49.1 Å². The van der Waals surface area contributed by atoms with Gasteiger partial charge in [0.25, 0.3) is 0 Å². The molecule has 1 aliphatic carbocycles. The maximum atomic E-state index is 13.7. The Hall–Kier alpha value is -3.19. The van der Waals surface area contributed by atoms with Gasteiger partial charge in [0.2, 0.25) is 12.7 Å². The molecule has 2 aliphatic heterocycles. The molecule has 0 aromatic heterocycles. The number of amides is 1. The summed E-state index contributed by atoms with van der Waals surface area (Å²) < 4.78 is 79.4. The number of rotatable bonds is 7. The molecule has 38 heavy (non-hydrogen) atoms. The van der Waals surface area contributed by atoms with Crippen LogP contribution in [-0.2, 0) is 24.8 Å². The summed E-state index contributed by atoms with van der Waals surface area (Å²) in [7, 11) is -4.26. The molecule has 3 aliphatic rings. The van der Waals surface area contributed by atoms with Gasteiger partial charge in [0.1, 0.15) is 11.8 Å². The Morgan fingerprint density at radius 3 is 2.47 bits per heavy atom. The first-order valence-corrected chi connectivity index (χ1v) is 13.4. The fourth-order valence-electron chi connectivity index (χ4n) is 4.85. The molecule has 1 N–H and O–H groups in total. The van der Waals surface area contributed by atoms with Gasteiger partial charge in [0.15, 0.2) is 27.9 Å². The van der Waals surface area contributed by atoms with Crippen LogP contribution < -0.4 is 14.2 Å². The maximum absolute atomic E-state index is 13.7. The number of likely N-dealkylation sites (tertiary alicyclic amines) is 1. The van der Waals surface area contributed by atoms with Gasteiger partial charge in [0.05, 0.1) is 20.6 Å². The Balaban J connectivity index is 1.38. The molecule has 204 valence electrons. The van der Waals surface area contributed by atoms with E-state index in [1.165, 1.54) is 0 Å². The highest BCUT2D eigenvalue weighted by Crippen LogP contribution is 2.52. The molecule has 2 fully saturated rings. The molecule has 2 aromatic rings. The van der Waals surface area contributed by atoms with Crippen LogP contribution >= 0.6 is 11.6 Å². The fraction of sp³-hybridized carbons (Fsp3) is 0.417. The van der Waals surface area contributed by atoms with Crippen molar-refractivity contribution in [2.24, 2.45) is 0 Å². The monoisotopic (exact) mass is 575 g/mol. The summed E-state index contributed by atoms with van der Waals surface area (Å²) in [6, 6.07) is 6.67. The summed E-state index contributed by atoms with van der Waals surface area (Å²) in [5.41, 5.74) is -0.373. The standard InChI is InChI=1S/C24H21ClF3NO8S/c25-16-8-14(35-11-24(26,27)28)2-4-20(16)38(33,34)15-9-17(21(30)31)29(10-15)22(32)23(5-6-23)13-1-3-18-19(7-13)37-12-36-18/h1-4,7-8,15,17H,5-6,9-12H2,(H,30,31)/t15-,17+/m1/s1. The van der Waals surface area contributed by atoms with Crippen molar-refractivity contribution in [2.75, 3.05) is 19.9 Å². The Morgan fingerprint density at radius 2 is 1.84 bits per heavy atom. The van der Waals surface area contributed by atoms with Crippen LogP contribution in [0.1, 0.15) is 24.8 Å². The number of ether oxygens (including phenoxy) is 3. The zero-order valence-electron chi connectivity index (χ0n) is 19.5. The van der Waals surface area contributed by atoms with E-state index in [0.717, 1.165) is 23.1 Å². The van der Waals surface area contributed by atoms with Crippen LogP contribution in [0.15, 0.2) is 41.3 Å². The van der Waals surface area contributed by atoms with Gasteiger partial charge in [-0.1, -0.05) is 17.7 Å². The van der Waals surface area contributed by atoms with Gasteiger partial charge in [-0.3, -0.25) is 4.79 Å². The number of alkyl halides is 3. The first-order valence-electron chi connectivity index (χ1n) is 11.5. The van der Waals surface area contributed by atoms with E-state index in [1.807, 2.05) is 0 Å². The molecule has 1 saturated heterocycles. The number of carboxylic acids is 1. The van der Waals surface area contributed by atoms with Crippen molar-refractivity contribution in [3.05, 3.63) is 47.0 Å². The van der Waals surface area contributed by atoms with E-state index in [2.05, 4.69) is 4.74 Å². The van der Waals surface area contributed by atoms with Crippen LogP contribution in [0.25, 0.3) is 0 Å². The molecular weight excluding hydrogens is 555 g/mol. The lowest BCUT2D eigenvalue weighted by atomic mass is 9.93. The normalized spacial score (nSPS) is 21.8. The third-order valence-corrected chi connectivity index (χ3v) is 9.56. The quantitative estimate of drug-likeness (QED) is 0.532. The Morgan fingerprint density at radius 1 is 1.13 bits per heavy atom. The van der Waals surface area contributed by atoms with E-state index in [1.54, 1.807) is 18.2 Å². The zero-order valence-corrected chi connectivity index (χ0v) is 21.1. The van der Waals surface area contributed by atoms with Crippen LogP contribution in [-0.4, -0.2) is 67.7 Å². The molecule has 0 unspecified atom stereocenters. The van der Waals surface area contributed by atoms with Crippen LogP contribution in [0, 0.1) is 0 Å². The second-order valence-corrected chi connectivity index (χ2v) is 12.0. The van der Waals surface area contributed by atoms with Crippen molar-refractivity contribution in [3.63, 3.8) is 0 Å². The van der Waals surface area contributed by atoms with E-state index in [4.69, 9.17) is 21.1 Å². The van der Waals surface area contributed by atoms with Gasteiger partial charge in [0, 0.05) is 12.6 Å². The highest BCUT2D eigenvalue weighted by atomic mass is 35.5. The van der Waals surface area contributed by atoms with Crippen LogP contribution in [0.3, 0.4) is 0 Å². The number of hydrogen-bond donors (Lipinski definition) is 1. The van der Waals surface area contributed by atoms with E-state index in [-0.39, 0.29) is 35.4 Å². The van der Waals surface area contributed by atoms with Crippen molar-refractivity contribution in [1.29, 1.82) is 0 Å². The molecule has 0 radical (unpaired) electrons. The summed E-state index contributed by atoms with van der Waals surface area (Å²) in [5, 5.41) is 8.16. The number of carbonyl (C=O) groups excluding carboxylic acids is 1. The van der Waals surface area contributed by atoms with Crippen LogP contribution in [0.2, 0.25) is 5.02 Å². The Kier molecular flexibility index (Phi) is 6.41. The zero-order chi connectivity index (χ0) is 27.5. The van der Waals surface area contributed by atoms with Gasteiger partial charge >= 0.3 is 12.1 Å². The molecule has 1 saturated carbocycles. The molecule has 1 amide bonds. The smallest absolute Gasteiger partial charge is 0.422 e. The van der Waals surface area contributed by atoms with Gasteiger partial charge in [-0.25, -0.2) is 13.2 Å². The number of fused-ring (bicyclic) bond motifs is 1. The number of nitrogens with zero attached hydrogens (tertiary/aromatic N) is 1. The van der Waals surface area contributed by atoms with Crippen LogP contribution in [0.5, 0.6) is 17.2 Å². The molecule has 14 heteroatoms. The minimum Gasteiger partial charge on any atom is -0.484 e. The van der Waals surface area contributed by atoms with E-state index >= 15 is 0 Å². The highest BCUT2D eigenvalue weighted by Gasteiger charge is 2.57. The number of hydrogen-bond acceptors (Lipinski definition) is 7. The minimum absolute atomic E-state index is 0.0461. The minimum atomic E-state index is -4.59. The molecule has 2 aromatic carbocycles. The summed E-state index contributed by atoms with van der Waals surface area (Å²) in [6.45, 7) is -1.92. The maximum Gasteiger partial charge on any atom is 0.422 e. The molecule has 2 atom stereocenters. The summed E-state index contributed by atoms with van der Waals surface area (Å²) in [5.74, 6) is -1.13. The largest absolute Gasteiger partial charge is 0.484 e. The molecule has 0 bridgehead atoms. The SMILES string of the molecule is O=C(O)[C@@H]1C[C@@H](S(=O)(=O)c2ccc(OCC(F)(F)F)cc2Cl)CN1C(=O)C1(c2ccc3c(c2)OCO3)CC1. The Labute approximate surface area is 219 Å². The van der Waals surface area contributed by atoms with Gasteiger partial charge in [-0.15, -0.1) is 0 Å². The molecular formula is C24H21ClF3NO8S. The summed E-state index contributed by atoms with van der Waals surface area (Å²) in [6.07, 6.45) is -4.06. The Bertz CT molecular complexity index is 1410. The first-order chi connectivity index (χ1) is 17.8. The molecule has 0 spiro atoms. The lowest BCUT2D eigenvalue weighted by molar-refractivity contribution is -0.153. The van der Waals surface area contributed by atoms with Crippen molar-refractivity contribution in [3.8, 4) is 17.2 Å². The van der Waals surface area contributed by atoms with Gasteiger partial charge in [-0.2, -0.15) is 13.2 Å². The number of carboxylic acid groups (broad SMARTS) is 1. The highest BCUT2D eigenvalue weighted by molar-refractivity contribution is 7.92. The van der Waals surface area contributed by atoms with Crippen molar-refractivity contribution < 1.29 is 50.5 Å². The molecule has 5 rings (SSSR count). The third kappa shape index (κ3) is 4.73. The number of aliphatic carboxylic acids is 1. The topological polar surface area (TPSA) is 119 Å². The number of sulfone groups is 1. The van der Waals surface area contributed by atoms with Crippen molar-refractivity contribution in [2.45, 2.75) is 47.0 Å².